The molecule has 3 aromatic heterocycles. The van der Waals surface area contributed by atoms with Gasteiger partial charge in [-0.1, -0.05) is 24.6 Å². The molecule has 4 atom stereocenters. The van der Waals surface area contributed by atoms with E-state index in [0.717, 1.165) is 12.1 Å². The van der Waals surface area contributed by atoms with Crippen LogP contribution in [-0.2, 0) is 33.7 Å². The summed E-state index contributed by atoms with van der Waals surface area (Å²) in [5.41, 5.74) is -0.884. The van der Waals surface area contributed by atoms with Gasteiger partial charge in [0.15, 0.2) is 0 Å². The van der Waals surface area contributed by atoms with E-state index in [1.165, 1.54) is 45.2 Å². The lowest BCUT2D eigenvalue weighted by Gasteiger charge is -2.23. The Hall–Kier alpha value is -4.97. The molecule has 11 nitrogen and oxygen atoms in total. The van der Waals surface area contributed by atoms with Gasteiger partial charge in [-0.05, 0) is 67.6 Å². The molecule has 1 fully saturated rings. The summed E-state index contributed by atoms with van der Waals surface area (Å²) in [7, 11) is -4.07. The van der Waals surface area contributed by atoms with Crippen molar-refractivity contribution in [1.82, 2.24) is 35.0 Å². The number of H-pyrrole nitrogens is 1. The summed E-state index contributed by atoms with van der Waals surface area (Å²) < 4.78 is 115. The van der Waals surface area contributed by atoms with Crippen LogP contribution in [0.15, 0.2) is 48.7 Å². The number of rotatable bonds is 11. The van der Waals surface area contributed by atoms with Gasteiger partial charge in [-0.25, -0.2) is 35.7 Å². The van der Waals surface area contributed by atoms with E-state index in [-0.39, 0.29) is 50.5 Å². The van der Waals surface area contributed by atoms with E-state index < -0.39 is 92.8 Å². The largest absolute Gasteiger partial charge is 0.346 e. The van der Waals surface area contributed by atoms with Crippen molar-refractivity contribution in [3.63, 3.8) is 0 Å². The number of pyridine rings is 1. The summed E-state index contributed by atoms with van der Waals surface area (Å²) in [5, 5.41) is 12.1. The highest BCUT2D eigenvalue weighted by molar-refractivity contribution is 7.90. The van der Waals surface area contributed by atoms with Crippen LogP contribution in [0, 0.1) is 23.5 Å². The molecule has 2 amide bonds. The molecular weight excluding hydrogens is 764 g/mol. The van der Waals surface area contributed by atoms with Gasteiger partial charge in [0.1, 0.15) is 35.1 Å². The van der Waals surface area contributed by atoms with Crippen LogP contribution >= 0.6 is 11.6 Å². The number of carbonyl (C=O) groups excluding carboxylic acids is 2. The summed E-state index contributed by atoms with van der Waals surface area (Å²) in [6.45, 7) is 3.37. The fraction of sp³-hybridized carbons (Fsp3) is 0.343. The van der Waals surface area contributed by atoms with E-state index in [9.17, 15) is 35.6 Å². The monoisotopic (exact) mass is 793 g/mol. The molecule has 2 aliphatic carbocycles. The second-order valence-corrected chi connectivity index (χ2v) is 16.3. The Morgan fingerprint density at radius 3 is 2.43 bits per heavy atom. The molecule has 7 rings (SSSR count). The van der Waals surface area contributed by atoms with Crippen LogP contribution in [0.5, 0.6) is 0 Å². The molecule has 0 bridgehead atoms. The number of halogens is 7. The van der Waals surface area contributed by atoms with Gasteiger partial charge in [-0.3, -0.25) is 19.4 Å². The fourth-order valence-electron chi connectivity index (χ4n) is 7.18. The highest BCUT2D eigenvalue weighted by atomic mass is 35.5. The molecule has 2 aromatic carbocycles. The summed E-state index contributed by atoms with van der Waals surface area (Å²) in [4.78, 5) is 31.6. The van der Waals surface area contributed by atoms with Crippen molar-refractivity contribution in [2.75, 3.05) is 0 Å². The topological polar surface area (TPSA) is 152 Å². The Balaban J connectivity index is 1.31. The Kier molecular flexibility index (Phi) is 9.27. The number of nitrogens with zero attached hydrogens (tertiary/aromatic N) is 4. The maximum Gasteiger partial charge on any atom is 0.293 e. The number of nitrogens with one attached hydrogen (secondary N) is 3. The van der Waals surface area contributed by atoms with Gasteiger partial charge in [0.05, 0.1) is 39.3 Å². The SMILES string of the molecule is CC(C)S(=O)(=O)NC(=O)c1cc(-c2cc3[nH]ncc3nc2[C@H](Cc2cc(F)cc(F)c2)NC(=O)Cn2nc(C(F)F)c3c2C(F)(F)[C@@H]2[C@H](C)[C@H]32)ccc1Cl. The molecule has 0 unspecified atom stereocenters. The highest BCUT2D eigenvalue weighted by Gasteiger charge is 2.71. The molecule has 0 spiro atoms. The molecule has 19 heteroatoms. The average Bonchev–Trinajstić information content (AvgIpc) is 3.35. The Bertz CT molecular complexity index is 2430. The van der Waals surface area contributed by atoms with Crippen LogP contribution < -0.4 is 10.0 Å². The normalized spacial score (nSPS) is 19.2. The van der Waals surface area contributed by atoms with Crippen LogP contribution in [0.1, 0.15) is 77.7 Å². The van der Waals surface area contributed by atoms with E-state index in [0.29, 0.717) is 16.3 Å². The maximum atomic E-state index is 15.5. The van der Waals surface area contributed by atoms with Crippen molar-refractivity contribution in [3.8, 4) is 11.1 Å². The number of hydrogen-bond donors (Lipinski definition) is 3. The van der Waals surface area contributed by atoms with E-state index in [2.05, 4.69) is 25.6 Å². The molecule has 5 aromatic rings. The number of hydrogen-bond acceptors (Lipinski definition) is 7. The minimum Gasteiger partial charge on any atom is -0.346 e. The minimum absolute atomic E-state index is 0.0461. The number of sulfonamides is 1. The van der Waals surface area contributed by atoms with E-state index in [1.807, 2.05) is 4.72 Å². The molecule has 0 saturated heterocycles. The first kappa shape index (κ1) is 37.3. The predicted octanol–water partition coefficient (Wildman–Crippen LogP) is 6.71. The van der Waals surface area contributed by atoms with Gasteiger partial charge >= 0.3 is 0 Å². The van der Waals surface area contributed by atoms with Gasteiger partial charge < -0.3 is 5.32 Å². The second-order valence-electron chi connectivity index (χ2n) is 13.7. The van der Waals surface area contributed by atoms with Crippen molar-refractivity contribution in [1.29, 1.82) is 0 Å². The molecule has 0 radical (unpaired) electrons. The van der Waals surface area contributed by atoms with Crippen LogP contribution in [0.4, 0.5) is 26.3 Å². The summed E-state index contributed by atoms with van der Waals surface area (Å²) >= 11 is 6.33. The van der Waals surface area contributed by atoms with Gasteiger partial charge in [0.2, 0.25) is 15.9 Å². The number of aromatic amines is 1. The number of carbonyl (C=O) groups is 2. The standard InChI is InChI=1S/C35H30ClF6N7O4S/c1-14(2)54(52,53)48-34(51)21-9-17(4-5-22(21)36)20-11-23-25(12-43-46-23)45-30(20)24(8-16-6-18(37)10-19(38)7-16)44-26(50)13-49-32-28(31(47-49)33(39)40)27-15(3)29(27)35(32,41)42/h4-7,9-12,14-15,24,27,29,33H,8,13H2,1-3H3,(H,43,46)(H,44,50)(H,48,51)/t15-,24+,27-,29-/m1/s1. The third-order valence-corrected chi connectivity index (χ3v) is 11.9. The summed E-state index contributed by atoms with van der Waals surface area (Å²) in [6.07, 6.45) is -2.14. The smallest absolute Gasteiger partial charge is 0.293 e. The quantitative estimate of drug-likeness (QED) is 0.126. The molecule has 3 heterocycles. The van der Waals surface area contributed by atoms with Crippen molar-refractivity contribution in [2.24, 2.45) is 11.8 Å². The first-order valence-electron chi connectivity index (χ1n) is 16.6. The van der Waals surface area contributed by atoms with Crippen LogP contribution in [0.25, 0.3) is 22.2 Å². The summed E-state index contributed by atoms with van der Waals surface area (Å²) in [6, 6.07) is 7.03. The summed E-state index contributed by atoms with van der Waals surface area (Å²) in [5.74, 6) is -9.95. The van der Waals surface area contributed by atoms with Crippen LogP contribution in [-0.4, -0.2) is 50.4 Å². The molecular formula is C35H30ClF6N7O4S. The number of alkyl halides is 4. The minimum atomic E-state index is -4.07. The van der Waals surface area contributed by atoms with Gasteiger partial charge in [0.25, 0.3) is 18.3 Å². The Morgan fingerprint density at radius 2 is 1.76 bits per heavy atom. The van der Waals surface area contributed by atoms with Crippen molar-refractivity contribution >= 4 is 44.5 Å². The number of amides is 2. The third kappa shape index (κ3) is 6.58. The number of fused-ring (bicyclic) bond motifs is 4. The highest BCUT2D eigenvalue weighted by Crippen LogP contribution is 2.71. The van der Waals surface area contributed by atoms with E-state index >= 15 is 8.78 Å². The number of benzene rings is 2. The van der Waals surface area contributed by atoms with Crippen molar-refractivity contribution in [2.45, 2.75) is 63.3 Å². The second kappa shape index (κ2) is 13.4. The Labute approximate surface area is 308 Å². The van der Waals surface area contributed by atoms with E-state index in [1.54, 1.807) is 6.07 Å². The molecule has 1 saturated carbocycles. The van der Waals surface area contributed by atoms with Crippen LogP contribution in [0.3, 0.4) is 0 Å². The fourth-order valence-corrected chi connectivity index (χ4v) is 7.99. The molecule has 3 N–H and O–H groups in total. The Morgan fingerprint density at radius 1 is 1.06 bits per heavy atom. The van der Waals surface area contributed by atoms with E-state index in [4.69, 9.17) is 11.6 Å². The zero-order valence-electron chi connectivity index (χ0n) is 28.5. The maximum absolute atomic E-state index is 15.5. The lowest BCUT2D eigenvalue weighted by atomic mass is 9.94. The predicted molar refractivity (Wildman–Crippen MR) is 183 cm³/mol. The zero-order chi connectivity index (χ0) is 39.0. The first-order chi connectivity index (χ1) is 25.4. The lowest BCUT2D eigenvalue weighted by molar-refractivity contribution is -0.123. The first-order valence-corrected chi connectivity index (χ1v) is 18.5. The van der Waals surface area contributed by atoms with Gasteiger partial charge in [-0.15, -0.1) is 0 Å². The van der Waals surface area contributed by atoms with Crippen molar-refractivity contribution < 1.29 is 44.3 Å². The lowest BCUT2D eigenvalue weighted by Crippen LogP contribution is -2.36. The van der Waals surface area contributed by atoms with Crippen LogP contribution in [0.2, 0.25) is 5.02 Å². The molecule has 54 heavy (non-hydrogen) atoms. The third-order valence-electron chi connectivity index (χ3n) is 9.82. The van der Waals surface area contributed by atoms with Gasteiger partial charge in [0, 0.05) is 29.0 Å². The molecule has 2 aliphatic rings. The average molecular weight is 794 g/mol. The molecule has 284 valence electrons. The van der Waals surface area contributed by atoms with Crippen molar-refractivity contribution in [3.05, 3.63) is 99.1 Å². The molecule has 0 aliphatic heterocycles. The van der Waals surface area contributed by atoms with Gasteiger partial charge in [-0.2, -0.15) is 19.0 Å². The zero-order valence-corrected chi connectivity index (χ0v) is 30.0. The number of aromatic nitrogens is 5.